The number of carbonyl (C=O) groups excluding carboxylic acids is 1. The number of hydrogen-bond acceptors (Lipinski definition) is 2. The van der Waals surface area contributed by atoms with Gasteiger partial charge in [0.15, 0.2) is 0 Å². The Morgan fingerprint density at radius 1 is 1.47 bits per heavy atom. The fourth-order valence-electron chi connectivity index (χ4n) is 2.12. The van der Waals surface area contributed by atoms with Gasteiger partial charge in [0, 0.05) is 13.5 Å². The summed E-state index contributed by atoms with van der Waals surface area (Å²) in [7, 11) is 0. The molecule has 1 N–H and O–H groups in total. The number of fused-ring (bicyclic) bond motifs is 1. The second-order valence-corrected chi connectivity index (χ2v) is 3.96. The van der Waals surface area contributed by atoms with E-state index in [1.54, 1.807) is 11.8 Å². The molecule has 3 heteroatoms. The Balaban J connectivity index is 2.30. The first-order valence-corrected chi connectivity index (χ1v) is 5.17. The summed E-state index contributed by atoms with van der Waals surface area (Å²) in [5, 5.41) is 9.24. The summed E-state index contributed by atoms with van der Waals surface area (Å²) in [6, 6.07) is 8.03. The van der Waals surface area contributed by atoms with Crippen LogP contribution < -0.4 is 0 Å². The zero-order chi connectivity index (χ0) is 10.8. The van der Waals surface area contributed by atoms with Gasteiger partial charge in [0.25, 0.3) is 0 Å². The van der Waals surface area contributed by atoms with Crippen LogP contribution >= 0.6 is 0 Å². The zero-order valence-corrected chi connectivity index (χ0v) is 8.81. The number of aliphatic hydroxyl groups is 1. The number of rotatable bonds is 1. The fraction of sp³-hybridized carbons (Fsp3) is 0.417. The van der Waals surface area contributed by atoms with E-state index in [4.69, 9.17) is 0 Å². The normalized spacial score (nSPS) is 19.9. The SMILES string of the molecule is CC(=O)N1Cc2ccccc2C[C@@H]1CO. The van der Waals surface area contributed by atoms with Gasteiger partial charge in [-0.1, -0.05) is 24.3 Å². The number of carbonyl (C=O) groups is 1. The quantitative estimate of drug-likeness (QED) is 0.741. The van der Waals surface area contributed by atoms with Crippen molar-refractivity contribution in [1.29, 1.82) is 0 Å². The van der Waals surface area contributed by atoms with Gasteiger partial charge in [-0.05, 0) is 17.5 Å². The molecular formula is C12H15NO2. The average Bonchev–Trinajstić information content (AvgIpc) is 2.27. The Bertz CT molecular complexity index is 376. The maximum Gasteiger partial charge on any atom is 0.220 e. The highest BCUT2D eigenvalue weighted by molar-refractivity contribution is 5.74. The standard InChI is InChI=1S/C12H15NO2/c1-9(15)13-7-11-5-3-2-4-10(11)6-12(13)8-14/h2-5,12,14H,6-8H2,1H3/t12-/m1/s1. The summed E-state index contributed by atoms with van der Waals surface area (Å²) >= 11 is 0. The molecule has 0 bridgehead atoms. The Morgan fingerprint density at radius 2 is 2.13 bits per heavy atom. The zero-order valence-electron chi connectivity index (χ0n) is 8.81. The molecule has 1 aliphatic heterocycles. The molecule has 0 fully saturated rings. The molecule has 2 rings (SSSR count). The van der Waals surface area contributed by atoms with E-state index in [2.05, 4.69) is 6.07 Å². The Morgan fingerprint density at radius 3 is 2.73 bits per heavy atom. The van der Waals surface area contributed by atoms with Gasteiger partial charge in [0.1, 0.15) is 0 Å². The number of hydrogen-bond donors (Lipinski definition) is 1. The Labute approximate surface area is 89.3 Å². The third-order valence-corrected chi connectivity index (χ3v) is 2.97. The highest BCUT2D eigenvalue weighted by Crippen LogP contribution is 2.22. The summed E-state index contributed by atoms with van der Waals surface area (Å²) in [5.41, 5.74) is 2.44. The predicted molar refractivity (Wildman–Crippen MR) is 57.2 cm³/mol. The van der Waals surface area contributed by atoms with Crippen molar-refractivity contribution in [3.63, 3.8) is 0 Å². The lowest BCUT2D eigenvalue weighted by molar-refractivity contribution is -0.133. The van der Waals surface area contributed by atoms with Crippen molar-refractivity contribution in [1.82, 2.24) is 4.90 Å². The summed E-state index contributed by atoms with van der Waals surface area (Å²) in [6.07, 6.45) is 0.756. The second kappa shape index (κ2) is 4.03. The molecule has 0 aromatic heterocycles. The molecule has 0 saturated heterocycles. The fourth-order valence-corrected chi connectivity index (χ4v) is 2.12. The first-order valence-electron chi connectivity index (χ1n) is 5.17. The largest absolute Gasteiger partial charge is 0.394 e. The molecule has 0 saturated carbocycles. The molecular weight excluding hydrogens is 190 g/mol. The van der Waals surface area contributed by atoms with E-state index in [1.165, 1.54) is 11.1 Å². The van der Waals surface area contributed by atoms with E-state index in [1.807, 2.05) is 18.2 Å². The van der Waals surface area contributed by atoms with E-state index in [9.17, 15) is 9.90 Å². The molecule has 0 unspecified atom stereocenters. The van der Waals surface area contributed by atoms with Gasteiger partial charge in [-0.25, -0.2) is 0 Å². The van der Waals surface area contributed by atoms with Gasteiger partial charge >= 0.3 is 0 Å². The summed E-state index contributed by atoms with van der Waals surface area (Å²) in [5.74, 6) is 0.0311. The molecule has 1 aliphatic rings. The van der Waals surface area contributed by atoms with E-state index >= 15 is 0 Å². The molecule has 80 valence electrons. The summed E-state index contributed by atoms with van der Waals surface area (Å²) < 4.78 is 0. The lowest BCUT2D eigenvalue weighted by Gasteiger charge is -2.35. The topological polar surface area (TPSA) is 40.5 Å². The molecule has 1 heterocycles. The first kappa shape index (κ1) is 10.2. The molecule has 0 spiro atoms. The van der Waals surface area contributed by atoms with Crippen LogP contribution in [0.4, 0.5) is 0 Å². The van der Waals surface area contributed by atoms with Crippen LogP contribution in [0.3, 0.4) is 0 Å². The van der Waals surface area contributed by atoms with Crippen LogP contribution in [0.25, 0.3) is 0 Å². The lowest BCUT2D eigenvalue weighted by atomic mass is 9.94. The van der Waals surface area contributed by atoms with Crippen molar-refractivity contribution in [2.75, 3.05) is 6.61 Å². The van der Waals surface area contributed by atoms with Gasteiger partial charge in [0.05, 0.1) is 12.6 Å². The van der Waals surface area contributed by atoms with Crippen molar-refractivity contribution in [3.8, 4) is 0 Å². The molecule has 1 aromatic rings. The lowest BCUT2D eigenvalue weighted by Crippen LogP contribution is -2.45. The van der Waals surface area contributed by atoms with Gasteiger partial charge < -0.3 is 10.0 Å². The maximum atomic E-state index is 11.4. The smallest absolute Gasteiger partial charge is 0.220 e. The number of nitrogens with zero attached hydrogens (tertiary/aromatic N) is 1. The second-order valence-electron chi connectivity index (χ2n) is 3.96. The summed E-state index contributed by atoms with van der Waals surface area (Å²) in [6.45, 7) is 2.21. The molecule has 1 atom stereocenters. The number of benzene rings is 1. The number of aliphatic hydroxyl groups excluding tert-OH is 1. The van der Waals surface area contributed by atoms with Crippen molar-refractivity contribution in [3.05, 3.63) is 35.4 Å². The van der Waals surface area contributed by atoms with E-state index in [0.29, 0.717) is 6.54 Å². The highest BCUT2D eigenvalue weighted by atomic mass is 16.3. The van der Waals surface area contributed by atoms with Crippen LogP contribution in [0.1, 0.15) is 18.1 Å². The van der Waals surface area contributed by atoms with Crippen LogP contribution in [0.5, 0.6) is 0 Å². The average molecular weight is 205 g/mol. The molecule has 1 aromatic carbocycles. The van der Waals surface area contributed by atoms with Gasteiger partial charge in [-0.2, -0.15) is 0 Å². The van der Waals surface area contributed by atoms with E-state index in [-0.39, 0.29) is 18.6 Å². The van der Waals surface area contributed by atoms with Crippen molar-refractivity contribution >= 4 is 5.91 Å². The van der Waals surface area contributed by atoms with Crippen LogP contribution in [-0.2, 0) is 17.8 Å². The van der Waals surface area contributed by atoms with Gasteiger partial charge in [-0.15, -0.1) is 0 Å². The van der Waals surface area contributed by atoms with Gasteiger partial charge in [0.2, 0.25) is 5.91 Å². The summed E-state index contributed by atoms with van der Waals surface area (Å²) in [4.78, 5) is 13.1. The van der Waals surface area contributed by atoms with Crippen LogP contribution in [0.15, 0.2) is 24.3 Å². The van der Waals surface area contributed by atoms with Crippen molar-refractivity contribution in [2.24, 2.45) is 0 Å². The molecule has 3 nitrogen and oxygen atoms in total. The molecule has 15 heavy (non-hydrogen) atoms. The minimum absolute atomic E-state index is 0.0311. The maximum absolute atomic E-state index is 11.4. The van der Waals surface area contributed by atoms with Crippen molar-refractivity contribution in [2.45, 2.75) is 25.9 Å². The predicted octanol–water partition coefficient (Wildman–Crippen LogP) is 0.952. The van der Waals surface area contributed by atoms with Crippen LogP contribution in [-0.4, -0.2) is 28.6 Å². The highest BCUT2D eigenvalue weighted by Gasteiger charge is 2.26. The minimum atomic E-state index is -0.0580. The molecule has 1 amide bonds. The first-order chi connectivity index (χ1) is 7.22. The third kappa shape index (κ3) is 1.88. The number of amides is 1. The Hall–Kier alpha value is -1.35. The monoisotopic (exact) mass is 205 g/mol. The van der Waals surface area contributed by atoms with Crippen molar-refractivity contribution < 1.29 is 9.90 Å². The molecule has 0 radical (unpaired) electrons. The van der Waals surface area contributed by atoms with Gasteiger partial charge in [-0.3, -0.25) is 4.79 Å². The van der Waals surface area contributed by atoms with E-state index < -0.39 is 0 Å². The van der Waals surface area contributed by atoms with E-state index in [0.717, 1.165) is 6.42 Å². The minimum Gasteiger partial charge on any atom is -0.394 e. The van der Waals surface area contributed by atoms with Crippen LogP contribution in [0, 0.1) is 0 Å². The Kier molecular flexibility index (Phi) is 2.73. The van der Waals surface area contributed by atoms with Crippen LogP contribution in [0.2, 0.25) is 0 Å². The third-order valence-electron chi connectivity index (χ3n) is 2.97. The molecule has 0 aliphatic carbocycles.